The van der Waals surface area contributed by atoms with Gasteiger partial charge in [0.25, 0.3) is 0 Å². The van der Waals surface area contributed by atoms with E-state index < -0.39 is 5.95 Å². The maximum Gasteiger partial charge on any atom is 0.239 e. The number of halogens is 2. The summed E-state index contributed by atoms with van der Waals surface area (Å²) in [5.41, 5.74) is 0.733. The van der Waals surface area contributed by atoms with Gasteiger partial charge in [0, 0.05) is 18.8 Å². The fourth-order valence-corrected chi connectivity index (χ4v) is 1.15. The molecule has 0 radical (unpaired) electrons. The Hall–Kier alpha value is -1.49. The Labute approximate surface area is 84.3 Å². The minimum atomic E-state index is -0.492. The third-order valence-corrected chi connectivity index (χ3v) is 1.98. The van der Waals surface area contributed by atoms with E-state index in [1.807, 2.05) is 0 Å². The zero-order valence-electron chi connectivity index (χ0n) is 7.28. The van der Waals surface area contributed by atoms with Crippen LogP contribution in [0.5, 0.6) is 0 Å². The van der Waals surface area contributed by atoms with Crippen molar-refractivity contribution in [3.63, 3.8) is 0 Å². The summed E-state index contributed by atoms with van der Waals surface area (Å²) in [5.74, 6) is -0.492. The quantitative estimate of drug-likeness (QED) is 0.676. The average molecular weight is 213 g/mol. The van der Waals surface area contributed by atoms with Crippen LogP contribution in [-0.2, 0) is 7.05 Å². The summed E-state index contributed by atoms with van der Waals surface area (Å²) in [6.45, 7) is 0. The summed E-state index contributed by atoms with van der Waals surface area (Å²) in [6.07, 6.45) is 1.45. The van der Waals surface area contributed by atoms with Crippen LogP contribution in [0.2, 0.25) is 5.15 Å². The van der Waals surface area contributed by atoms with E-state index in [2.05, 4.69) is 15.3 Å². The minimum Gasteiger partial charge on any atom is -0.244 e. The second-order valence-electron chi connectivity index (χ2n) is 2.72. The fraction of sp³-hybridized carbons (Fsp3) is 0.125. The number of nitrogens with zero attached hydrogens (tertiary/aromatic N) is 4. The Morgan fingerprint density at radius 2 is 2.21 bits per heavy atom. The van der Waals surface area contributed by atoms with Gasteiger partial charge in [0.15, 0.2) is 5.69 Å². The minimum absolute atomic E-state index is 0.177. The fourth-order valence-electron chi connectivity index (χ4n) is 1.04. The molecule has 0 N–H and O–H groups in total. The Morgan fingerprint density at radius 1 is 1.43 bits per heavy atom. The lowest BCUT2D eigenvalue weighted by molar-refractivity contribution is 0.502. The van der Waals surface area contributed by atoms with Crippen molar-refractivity contribution in [3.05, 3.63) is 29.4 Å². The second kappa shape index (κ2) is 3.34. The third-order valence-electron chi connectivity index (χ3n) is 1.76. The topological polar surface area (TPSA) is 43.6 Å². The molecule has 0 spiro atoms. The van der Waals surface area contributed by atoms with Gasteiger partial charge in [-0.15, -0.1) is 5.10 Å². The molecule has 0 aliphatic carbocycles. The van der Waals surface area contributed by atoms with Crippen molar-refractivity contribution in [2.45, 2.75) is 0 Å². The van der Waals surface area contributed by atoms with Crippen LogP contribution in [0.15, 0.2) is 18.3 Å². The summed E-state index contributed by atoms with van der Waals surface area (Å²) in [6, 6.07) is 3.22. The molecule has 0 amide bonds. The van der Waals surface area contributed by atoms with Crippen molar-refractivity contribution in [2.24, 2.45) is 7.05 Å². The van der Waals surface area contributed by atoms with Crippen LogP contribution >= 0.6 is 11.6 Å². The van der Waals surface area contributed by atoms with Gasteiger partial charge in [-0.05, 0) is 12.1 Å². The molecule has 0 saturated heterocycles. The van der Waals surface area contributed by atoms with Crippen molar-refractivity contribution in [2.75, 3.05) is 0 Å². The first-order valence-corrected chi connectivity index (χ1v) is 4.23. The van der Waals surface area contributed by atoms with Gasteiger partial charge in [-0.2, -0.15) is 4.39 Å². The van der Waals surface area contributed by atoms with Crippen LogP contribution in [0, 0.1) is 5.95 Å². The van der Waals surface area contributed by atoms with Crippen LogP contribution < -0.4 is 0 Å². The van der Waals surface area contributed by atoms with Crippen LogP contribution in [-0.4, -0.2) is 20.0 Å². The number of rotatable bonds is 1. The van der Waals surface area contributed by atoms with E-state index in [9.17, 15) is 4.39 Å². The predicted molar refractivity (Wildman–Crippen MR) is 49.2 cm³/mol. The molecule has 0 atom stereocenters. The SMILES string of the molecule is Cn1nnc(-c2ccc(Cl)nc2)c1F. The standard InChI is InChI=1S/C8H6ClFN4/c1-14-8(10)7(12-13-14)5-2-3-6(9)11-4-5/h2-4H,1H3. The Bertz CT molecular complexity index is 451. The van der Waals surface area contributed by atoms with E-state index in [0.717, 1.165) is 4.68 Å². The van der Waals surface area contributed by atoms with Gasteiger partial charge >= 0.3 is 0 Å². The molecule has 2 aromatic rings. The van der Waals surface area contributed by atoms with Gasteiger partial charge in [-0.1, -0.05) is 16.8 Å². The zero-order chi connectivity index (χ0) is 10.1. The lowest BCUT2D eigenvalue weighted by Gasteiger charge is -1.95. The number of hydrogen-bond donors (Lipinski definition) is 0. The zero-order valence-corrected chi connectivity index (χ0v) is 8.03. The van der Waals surface area contributed by atoms with Crippen molar-refractivity contribution in [3.8, 4) is 11.3 Å². The molecular weight excluding hydrogens is 207 g/mol. The summed E-state index contributed by atoms with van der Waals surface area (Å²) in [7, 11) is 1.48. The Balaban J connectivity index is 2.49. The number of aromatic nitrogens is 4. The van der Waals surface area contributed by atoms with E-state index in [4.69, 9.17) is 11.6 Å². The van der Waals surface area contributed by atoms with Crippen LogP contribution in [0.3, 0.4) is 0 Å². The molecule has 0 unspecified atom stereocenters. The van der Waals surface area contributed by atoms with Crippen LogP contribution in [0.25, 0.3) is 11.3 Å². The molecule has 6 heteroatoms. The van der Waals surface area contributed by atoms with E-state index in [1.165, 1.54) is 13.2 Å². The normalized spacial score (nSPS) is 10.5. The first-order chi connectivity index (χ1) is 6.68. The van der Waals surface area contributed by atoms with Crippen molar-refractivity contribution < 1.29 is 4.39 Å². The molecule has 2 heterocycles. The molecular formula is C8H6ClFN4. The summed E-state index contributed by atoms with van der Waals surface area (Å²) in [5, 5.41) is 7.58. The summed E-state index contributed by atoms with van der Waals surface area (Å²) >= 11 is 5.60. The van der Waals surface area contributed by atoms with Crippen molar-refractivity contribution >= 4 is 11.6 Å². The van der Waals surface area contributed by atoms with E-state index in [0.29, 0.717) is 10.7 Å². The summed E-state index contributed by atoms with van der Waals surface area (Å²) < 4.78 is 14.4. The van der Waals surface area contributed by atoms with E-state index in [1.54, 1.807) is 12.1 Å². The molecule has 0 saturated carbocycles. The van der Waals surface area contributed by atoms with Crippen LogP contribution in [0.1, 0.15) is 0 Å². The molecule has 0 fully saturated rings. The monoisotopic (exact) mass is 212 g/mol. The van der Waals surface area contributed by atoms with Crippen molar-refractivity contribution in [1.29, 1.82) is 0 Å². The molecule has 72 valence electrons. The van der Waals surface area contributed by atoms with Crippen molar-refractivity contribution in [1.82, 2.24) is 20.0 Å². The highest BCUT2D eigenvalue weighted by Crippen LogP contribution is 2.19. The number of pyridine rings is 1. The molecule has 0 aliphatic rings. The number of hydrogen-bond acceptors (Lipinski definition) is 3. The maximum absolute atomic E-state index is 13.3. The maximum atomic E-state index is 13.3. The van der Waals surface area contributed by atoms with E-state index >= 15 is 0 Å². The smallest absolute Gasteiger partial charge is 0.239 e. The lowest BCUT2D eigenvalue weighted by atomic mass is 10.2. The highest BCUT2D eigenvalue weighted by atomic mass is 35.5. The van der Waals surface area contributed by atoms with Gasteiger partial charge in [-0.3, -0.25) is 0 Å². The molecule has 2 rings (SSSR count). The predicted octanol–water partition coefficient (Wildman–Crippen LogP) is 1.67. The van der Waals surface area contributed by atoms with Gasteiger partial charge in [0.1, 0.15) is 5.15 Å². The van der Waals surface area contributed by atoms with Gasteiger partial charge in [0.2, 0.25) is 5.95 Å². The summed E-state index contributed by atoms with van der Waals surface area (Å²) in [4.78, 5) is 3.83. The molecule has 0 aromatic carbocycles. The van der Waals surface area contributed by atoms with E-state index in [-0.39, 0.29) is 5.69 Å². The average Bonchev–Trinajstić information content (AvgIpc) is 2.50. The van der Waals surface area contributed by atoms with Gasteiger partial charge in [-0.25, -0.2) is 9.67 Å². The van der Waals surface area contributed by atoms with Crippen LogP contribution in [0.4, 0.5) is 4.39 Å². The Kier molecular flexibility index (Phi) is 2.17. The first-order valence-electron chi connectivity index (χ1n) is 3.85. The molecule has 2 aromatic heterocycles. The van der Waals surface area contributed by atoms with Gasteiger partial charge < -0.3 is 0 Å². The third kappa shape index (κ3) is 1.46. The highest BCUT2D eigenvalue weighted by molar-refractivity contribution is 6.29. The molecule has 14 heavy (non-hydrogen) atoms. The molecule has 0 aliphatic heterocycles. The number of aryl methyl sites for hydroxylation is 1. The lowest BCUT2D eigenvalue weighted by Crippen LogP contribution is -1.94. The Morgan fingerprint density at radius 3 is 2.71 bits per heavy atom. The molecule has 0 bridgehead atoms. The second-order valence-corrected chi connectivity index (χ2v) is 3.11. The van der Waals surface area contributed by atoms with Gasteiger partial charge in [0.05, 0.1) is 0 Å². The highest BCUT2D eigenvalue weighted by Gasteiger charge is 2.11. The molecule has 4 nitrogen and oxygen atoms in total. The first kappa shape index (κ1) is 9.08. The largest absolute Gasteiger partial charge is 0.244 e.